The molecule has 2 N–H and O–H groups in total. The van der Waals surface area contributed by atoms with Crippen molar-refractivity contribution in [1.82, 2.24) is 10.2 Å². The summed E-state index contributed by atoms with van der Waals surface area (Å²) in [6, 6.07) is 14.6. The number of amides is 3. The second-order valence-electron chi connectivity index (χ2n) is 7.40. The summed E-state index contributed by atoms with van der Waals surface area (Å²) in [5.41, 5.74) is 1.64. The molecule has 1 atom stereocenters. The van der Waals surface area contributed by atoms with Crippen molar-refractivity contribution < 1.29 is 19.1 Å². The molecule has 0 aliphatic carbocycles. The van der Waals surface area contributed by atoms with Gasteiger partial charge in [-0.05, 0) is 50.1 Å². The van der Waals surface area contributed by atoms with Crippen molar-refractivity contribution in [3.8, 4) is 11.5 Å². The molecule has 8 heteroatoms. The summed E-state index contributed by atoms with van der Waals surface area (Å²) in [5.74, 6) is 1.32. The van der Waals surface area contributed by atoms with Crippen molar-refractivity contribution in [3.63, 3.8) is 0 Å². The Bertz CT molecular complexity index is 870. The van der Waals surface area contributed by atoms with Crippen LogP contribution in [0.1, 0.15) is 31.4 Å². The van der Waals surface area contributed by atoms with Crippen LogP contribution in [0.25, 0.3) is 0 Å². The Morgan fingerprint density at radius 2 is 1.71 bits per heavy atom. The number of hydrogen-bond acceptors (Lipinski definition) is 4. The van der Waals surface area contributed by atoms with Crippen molar-refractivity contribution in [2.24, 2.45) is 5.92 Å². The van der Waals surface area contributed by atoms with Crippen molar-refractivity contribution >= 4 is 30.0 Å². The molecule has 7 nitrogen and oxygen atoms in total. The zero-order valence-corrected chi connectivity index (χ0v) is 18.9. The molecule has 1 fully saturated rings. The van der Waals surface area contributed by atoms with Crippen LogP contribution < -0.4 is 20.1 Å². The molecule has 0 spiro atoms. The van der Waals surface area contributed by atoms with Gasteiger partial charge in [0.05, 0.1) is 20.3 Å². The van der Waals surface area contributed by atoms with E-state index >= 15 is 0 Å². The summed E-state index contributed by atoms with van der Waals surface area (Å²) < 4.78 is 10.7. The first kappa shape index (κ1) is 24.3. The summed E-state index contributed by atoms with van der Waals surface area (Å²) in [7, 11) is 3.21. The van der Waals surface area contributed by atoms with Gasteiger partial charge in [-0.3, -0.25) is 4.79 Å². The van der Waals surface area contributed by atoms with E-state index in [-0.39, 0.29) is 36.3 Å². The molecule has 1 aliphatic rings. The van der Waals surface area contributed by atoms with Crippen molar-refractivity contribution in [2.75, 3.05) is 32.6 Å². The van der Waals surface area contributed by atoms with E-state index in [0.29, 0.717) is 37.4 Å². The van der Waals surface area contributed by atoms with E-state index in [1.165, 1.54) is 0 Å². The van der Waals surface area contributed by atoms with Gasteiger partial charge in [0.25, 0.3) is 0 Å². The first-order valence-corrected chi connectivity index (χ1v) is 10.1. The highest BCUT2D eigenvalue weighted by atomic mass is 35.5. The number of anilines is 1. The van der Waals surface area contributed by atoms with Gasteiger partial charge >= 0.3 is 6.03 Å². The van der Waals surface area contributed by atoms with Crippen molar-refractivity contribution in [2.45, 2.75) is 25.8 Å². The normalized spacial score (nSPS) is 14.7. The molecule has 3 rings (SSSR count). The highest BCUT2D eigenvalue weighted by molar-refractivity contribution is 5.92. The second-order valence-corrected chi connectivity index (χ2v) is 7.40. The molecule has 2 aromatic rings. The van der Waals surface area contributed by atoms with Crippen LogP contribution in [0.4, 0.5) is 10.5 Å². The van der Waals surface area contributed by atoms with Crippen LogP contribution in [0.15, 0.2) is 48.5 Å². The third-order valence-electron chi connectivity index (χ3n) is 5.44. The SMILES string of the molecule is COc1ccc(OC)c(C(C)NC(=O)N2CCC(C(=O)Nc3ccccc3)CC2)c1.Cl. The van der Waals surface area contributed by atoms with Crippen molar-refractivity contribution in [1.29, 1.82) is 0 Å². The Kier molecular flexibility index (Phi) is 9.00. The lowest BCUT2D eigenvalue weighted by molar-refractivity contribution is -0.121. The van der Waals surface area contributed by atoms with E-state index in [4.69, 9.17) is 9.47 Å². The second kappa shape index (κ2) is 11.5. The third kappa shape index (κ3) is 6.28. The molecule has 3 amide bonds. The topological polar surface area (TPSA) is 79.9 Å². The number of carbonyl (C=O) groups is 2. The summed E-state index contributed by atoms with van der Waals surface area (Å²) in [6.45, 7) is 3.00. The standard InChI is InChI=1S/C23H29N3O4.ClH/c1-16(20-15-19(29-2)9-10-21(20)30-3)24-23(28)26-13-11-17(12-14-26)22(27)25-18-7-5-4-6-8-18;/h4-10,15-17H,11-14H2,1-3H3,(H,24,28)(H,25,27);1H. The van der Waals surface area contributed by atoms with E-state index in [2.05, 4.69) is 10.6 Å². The van der Waals surface area contributed by atoms with E-state index in [9.17, 15) is 9.59 Å². The van der Waals surface area contributed by atoms with E-state index < -0.39 is 0 Å². The largest absolute Gasteiger partial charge is 0.497 e. The molecule has 2 aromatic carbocycles. The number of methoxy groups -OCH3 is 2. The maximum Gasteiger partial charge on any atom is 0.317 e. The third-order valence-corrected chi connectivity index (χ3v) is 5.44. The van der Waals surface area contributed by atoms with Gasteiger partial charge in [0.15, 0.2) is 0 Å². The molecular weight excluding hydrogens is 418 g/mol. The fourth-order valence-corrected chi connectivity index (χ4v) is 3.64. The lowest BCUT2D eigenvalue weighted by atomic mass is 9.96. The first-order valence-electron chi connectivity index (χ1n) is 10.1. The Hall–Kier alpha value is -2.93. The van der Waals surface area contributed by atoms with Gasteiger partial charge in [-0.15, -0.1) is 12.4 Å². The predicted octanol–water partition coefficient (Wildman–Crippen LogP) is 4.25. The predicted molar refractivity (Wildman–Crippen MR) is 123 cm³/mol. The van der Waals surface area contributed by atoms with Gasteiger partial charge in [0.1, 0.15) is 11.5 Å². The molecule has 168 valence electrons. The quantitative estimate of drug-likeness (QED) is 0.693. The van der Waals surface area contributed by atoms with E-state index in [1.807, 2.05) is 55.5 Å². The number of carbonyl (C=O) groups excluding carboxylic acids is 2. The Balaban J connectivity index is 0.00000341. The lowest BCUT2D eigenvalue weighted by Gasteiger charge is -2.32. The number of nitrogens with one attached hydrogen (secondary N) is 2. The maximum absolute atomic E-state index is 12.7. The Morgan fingerprint density at radius 3 is 2.32 bits per heavy atom. The van der Waals surface area contributed by atoms with Crippen LogP contribution in [0.2, 0.25) is 0 Å². The fraction of sp³-hybridized carbons (Fsp3) is 0.391. The van der Waals surface area contributed by atoms with E-state index in [1.54, 1.807) is 19.1 Å². The van der Waals surface area contributed by atoms with Crippen LogP contribution >= 0.6 is 12.4 Å². The van der Waals surface area contributed by atoms with Gasteiger partial charge in [-0.1, -0.05) is 18.2 Å². The number of rotatable bonds is 6. The lowest BCUT2D eigenvalue weighted by Crippen LogP contribution is -2.46. The zero-order valence-electron chi connectivity index (χ0n) is 18.1. The molecule has 0 bridgehead atoms. The highest BCUT2D eigenvalue weighted by Crippen LogP contribution is 2.29. The minimum absolute atomic E-state index is 0. The fourth-order valence-electron chi connectivity index (χ4n) is 3.64. The van der Waals surface area contributed by atoms with Gasteiger partial charge < -0.3 is 25.0 Å². The average Bonchev–Trinajstić information content (AvgIpc) is 2.79. The summed E-state index contributed by atoms with van der Waals surface area (Å²) >= 11 is 0. The Labute approximate surface area is 189 Å². The summed E-state index contributed by atoms with van der Waals surface area (Å²) in [6.07, 6.45) is 1.28. The van der Waals surface area contributed by atoms with Crippen molar-refractivity contribution in [3.05, 3.63) is 54.1 Å². The number of hydrogen-bond donors (Lipinski definition) is 2. The molecule has 1 unspecified atom stereocenters. The zero-order chi connectivity index (χ0) is 21.5. The van der Waals surface area contributed by atoms with Crippen LogP contribution in [0.3, 0.4) is 0 Å². The monoisotopic (exact) mass is 447 g/mol. The molecule has 1 aliphatic heterocycles. The van der Waals surface area contributed by atoms with Gasteiger partial charge in [-0.25, -0.2) is 4.79 Å². The van der Waals surface area contributed by atoms with Gasteiger partial charge in [-0.2, -0.15) is 0 Å². The number of ether oxygens (including phenoxy) is 2. The maximum atomic E-state index is 12.7. The van der Waals surface area contributed by atoms with Crippen LogP contribution in [0.5, 0.6) is 11.5 Å². The number of urea groups is 1. The number of para-hydroxylation sites is 1. The number of likely N-dealkylation sites (tertiary alicyclic amines) is 1. The highest BCUT2D eigenvalue weighted by Gasteiger charge is 2.28. The number of halogens is 1. The van der Waals surface area contributed by atoms with Gasteiger partial charge in [0.2, 0.25) is 5.91 Å². The Morgan fingerprint density at radius 1 is 1.03 bits per heavy atom. The minimum Gasteiger partial charge on any atom is -0.497 e. The number of benzene rings is 2. The van der Waals surface area contributed by atoms with Crippen LogP contribution in [-0.4, -0.2) is 44.1 Å². The molecule has 1 heterocycles. The van der Waals surface area contributed by atoms with Crippen LogP contribution in [-0.2, 0) is 4.79 Å². The smallest absolute Gasteiger partial charge is 0.317 e. The first-order chi connectivity index (χ1) is 14.5. The van der Waals surface area contributed by atoms with Crippen LogP contribution in [0, 0.1) is 5.92 Å². The molecular formula is C23H30ClN3O4. The summed E-state index contributed by atoms with van der Waals surface area (Å²) in [4.78, 5) is 27.0. The molecule has 0 aromatic heterocycles. The average molecular weight is 448 g/mol. The molecule has 0 saturated carbocycles. The number of nitrogens with zero attached hydrogens (tertiary/aromatic N) is 1. The number of piperidine rings is 1. The minimum atomic E-state index is -0.248. The van der Waals surface area contributed by atoms with E-state index in [0.717, 1.165) is 11.3 Å². The van der Waals surface area contributed by atoms with Gasteiger partial charge in [0, 0.05) is 30.3 Å². The molecule has 0 radical (unpaired) electrons. The molecule has 1 saturated heterocycles. The summed E-state index contributed by atoms with van der Waals surface area (Å²) in [5, 5.41) is 5.98. The molecule has 31 heavy (non-hydrogen) atoms.